The van der Waals surface area contributed by atoms with E-state index in [1.807, 2.05) is 20.8 Å². The molecule has 2 N–H and O–H groups in total. The maximum atomic E-state index is 13.3. The molecule has 0 radical (unpaired) electrons. The summed E-state index contributed by atoms with van der Waals surface area (Å²) in [6, 6.07) is 12.6. The summed E-state index contributed by atoms with van der Waals surface area (Å²) in [4.78, 5) is 38.8. The van der Waals surface area contributed by atoms with Gasteiger partial charge in [-0.15, -0.1) is 0 Å². The number of halogens is 2. The van der Waals surface area contributed by atoms with Crippen LogP contribution in [0.5, 0.6) is 0 Å². The van der Waals surface area contributed by atoms with E-state index in [2.05, 4.69) is 21.2 Å². The molecule has 8 heteroatoms. The number of hydrogen-bond donors (Lipinski definition) is 2. The Morgan fingerprint density at radius 2 is 1.60 bits per heavy atom. The molecule has 0 fully saturated rings. The lowest BCUT2D eigenvalue weighted by Gasteiger charge is -2.34. The summed E-state index contributed by atoms with van der Waals surface area (Å²) in [6.45, 7) is 5.55. The fourth-order valence-corrected chi connectivity index (χ4v) is 3.26. The Hall–Kier alpha value is -2.38. The highest BCUT2D eigenvalue weighted by atomic mass is 79.9. The van der Waals surface area contributed by atoms with Crippen LogP contribution in [0.2, 0.25) is 5.02 Å². The Kier molecular flexibility index (Phi) is 8.03. The van der Waals surface area contributed by atoms with Crippen molar-refractivity contribution in [2.24, 2.45) is 0 Å². The Labute approximate surface area is 189 Å². The molecule has 2 amide bonds. The highest BCUT2D eigenvalue weighted by Gasteiger charge is 2.34. The van der Waals surface area contributed by atoms with Crippen LogP contribution in [0, 0.1) is 0 Å². The minimum absolute atomic E-state index is 0.242. The molecule has 0 aliphatic heterocycles. The summed E-state index contributed by atoms with van der Waals surface area (Å²) in [6.07, 6.45) is -0.579. The van der Waals surface area contributed by atoms with Gasteiger partial charge in [0.05, 0.1) is 6.42 Å². The van der Waals surface area contributed by atoms with Crippen LogP contribution in [-0.4, -0.2) is 28.4 Å². The summed E-state index contributed by atoms with van der Waals surface area (Å²) < 4.78 is 0.830. The van der Waals surface area contributed by atoms with Gasteiger partial charge in [0.2, 0.25) is 11.8 Å². The van der Waals surface area contributed by atoms with Crippen molar-refractivity contribution in [3.05, 3.63) is 63.6 Å². The number of aliphatic carboxylic acids is 1. The van der Waals surface area contributed by atoms with Crippen LogP contribution in [0.25, 0.3) is 0 Å². The van der Waals surface area contributed by atoms with Crippen LogP contribution in [0.15, 0.2) is 53.0 Å². The summed E-state index contributed by atoms with van der Waals surface area (Å²) >= 11 is 9.38. The SMILES string of the molecule is CC(C)(C)NC(=O)C(c1ccc(Br)cc1)N(C(=O)CCC(=O)O)c1ccc(Cl)cc1. The highest BCUT2D eigenvalue weighted by Crippen LogP contribution is 2.31. The van der Waals surface area contributed by atoms with Gasteiger partial charge in [-0.2, -0.15) is 0 Å². The molecule has 0 bridgehead atoms. The minimum atomic E-state index is -1.08. The first-order chi connectivity index (χ1) is 14.0. The van der Waals surface area contributed by atoms with Gasteiger partial charge < -0.3 is 10.4 Å². The van der Waals surface area contributed by atoms with Gasteiger partial charge >= 0.3 is 5.97 Å². The molecule has 0 saturated heterocycles. The number of anilines is 1. The molecule has 0 aliphatic carbocycles. The van der Waals surface area contributed by atoms with E-state index >= 15 is 0 Å². The zero-order valence-electron chi connectivity index (χ0n) is 17.0. The monoisotopic (exact) mass is 494 g/mol. The zero-order chi connectivity index (χ0) is 22.5. The van der Waals surface area contributed by atoms with Crippen molar-refractivity contribution in [1.29, 1.82) is 0 Å². The Bertz CT molecular complexity index is 908. The number of benzene rings is 2. The van der Waals surface area contributed by atoms with Gasteiger partial charge in [0.1, 0.15) is 6.04 Å². The van der Waals surface area contributed by atoms with E-state index in [9.17, 15) is 14.4 Å². The molecule has 2 aromatic rings. The minimum Gasteiger partial charge on any atom is -0.481 e. The fraction of sp³-hybridized carbons (Fsp3) is 0.318. The van der Waals surface area contributed by atoms with Crippen molar-refractivity contribution in [1.82, 2.24) is 5.32 Å². The molecular formula is C22H24BrClN2O4. The second-order valence-corrected chi connectivity index (χ2v) is 9.18. The molecule has 0 spiro atoms. The van der Waals surface area contributed by atoms with Gasteiger partial charge in [0.25, 0.3) is 0 Å². The smallest absolute Gasteiger partial charge is 0.303 e. The Balaban J connectivity index is 2.58. The van der Waals surface area contributed by atoms with E-state index in [4.69, 9.17) is 16.7 Å². The number of rotatable bonds is 7. The standard InChI is InChI=1S/C22H24BrClN2O4/c1-22(2,3)25-21(30)20(14-4-6-15(23)7-5-14)26(18(27)12-13-19(28)29)17-10-8-16(24)9-11-17/h4-11,20H,12-13H2,1-3H3,(H,25,30)(H,28,29). The lowest BCUT2D eigenvalue weighted by molar-refractivity contribution is -0.138. The lowest BCUT2D eigenvalue weighted by Crippen LogP contribution is -2.49. The topological polar surface area (TPSA) is 86.7 Å². The fourth-order valence-electron chi connectivity index (χ4n) is 2.87. The maximum Gasteiger partial charge on any atom is 0.303 e. The molecule has 1 unspecified atom stereocenters. The van der Waals surface area contributed by atoms with Crippen LogP contribution in [0.4, 0.5) is 5.69 Å². The number of carboxylic acids is 1. The molecular weight excluding hydrogens is 472 g/mol. The van der Waals surface area contributed by atoms with E-state index < -0.39 is 23.5 Å². The molecule has 160 valence electrons. The first kappa shape index (κ1) is 23.9. The second-order valence-electron chi connectivity index (χ2n) is 7.83. The van der Waals surface area contributed by atoms with Crippen molar-refractivity contribution < 1.29 is 19.5 Å². The number of carbonyl (C=O) groups is 3. The van der Waals surface area contributed by atoms with Gasteiger partial charge in [-0.25, -0.2) is 0 Å². The Morgan fingerprint density at radius 3 is 2.10 bits per heavy atom. The summed E-state index contributed by atoms with van der Waals surface area (Å²) in [5, 5.41) is 12.4. The average molecular weight is 496 g/mol. The van der Waals surface area contributed by atoms with Crippen molar-refractivity contribution in [2.75, 3.05) is 4.90 Å². The largest absolute Gasteiger partial charge is 0.481 e. The molecule has 0 aliphatic rings. The summed E-state index contributed by atoms with van der Waals surface area (Å²) in [5.41, 5.74) is 0.519. The van der Waals surface area contributed by atoms with E-state index in [0.717, 1.165) is 4.47 Å². The van der Waals surface area contributed by atoms with Gasteiger partial charge in [0.15, 0.2) is 0 Å². The Morgan fingerprint density at radius 1 is 1.03 bits per heavy atom. The maximum absolute atomic E-state index is 13.3. The third-order valence-electron chi connectivity index (χ3n) is 4.12. The molecule has 0 heterocycles. The quantitative estimate of drug-likeness (QED) is 0.569. The summed E-state index contributed by atoms with van der Waals surface area (Å²) in [5.74, 6) is -1.93. The van der Waals surface area contributed by atoms with Crippen LogP contribution < -0.4 is 10.2 Å². The van der Waals surface area contributed by atoms with Crippen LogP contribution in [0.3, 0.4) is 0 Å². The first-order valence-electron chi connectivity index (χ1n) is 9.35. The van der Waals surface area contributed by atoms with Crippen LogP contribution in [-0.2, 0) is 14.4 Å². The second kappa shape index (κ2) is 10.1. The van der Waals surface area contributed by atoms with Gasteiger partial charge in [-0.1, -0.05) is 39.7 Å². The zero-order valence-corrected chi connectivity index (χ0v) is 19.3. The molecule has 6 nitrogen and oxygen atoms in total. The molecule has 0 saturated carbocycles. The van der Waals surface area contributed by atoms with Crippen molar-refractivity contribution in [2.45, 2.75) is 45.2 Å². The first-order valence-corrected chi connectivity index (χ1v) is 10.5. The molecule has 2 rings (SSSR count). The molecule has 1 atom stereocenters. The number of nitrogens with one attached hydrogen (secondary N) is 1. The van der Waals surface area contributed by atoms with E-state index in [-0.39, 0.29) is 18.7 Å². The van der Waals surface area contributed by atoms with Gasteiger partial charge in [0, 0.05) is 27.1 Å². The lowest BCUT2D eigenvalue weighted by atomic mass is 10.0. The third kappa shape index (κ3) is 6.85. The van der Waals surface area contributed by atoms with Gasteiger partial charge in [-0.3, -0.25) is 19.3 Å². The number of nitrogens with zero attached hydrogens (tertiary/aromatic N) is 1. The van der Waals surface area contributed by atoms with Crippen molar-refractivity contribution >= 4 is 51.0 Å². The number of carbonyl (C=O) groups excluding carboxylic acids is 2. The predicted octanol–water partition coefficient (Wildman–Crippen LogP) is 4.96. The molecule has 2 aromatic carbocycles. The average Bonchev–Trinajstić information content (AvgIpc) is 2.64. The van der Waals surface area contributed by atoms with Crippen LogP contribution >= 0.6 is 27.5 Å². The van der Waals surface area contributed by atoms with Crippen molar-refractivity contribution in [3.63, 3.8) is 0 Å². The third-order valence-corrected chi connectivity index (χ3v) is 4.90. The normalized spacial score (nSPS) is 12.2. The van der Waals surface area contributed by atoms with Crippen LogP contribution in [0.1, 0.15) is 45.2 Å². The molecule has 30 heavy (non-hydrogen) atoms. The number of hydrogen-bond acceptors (Lipinski definition) is 3. The van der Waals surface area contributed by atoms with E-state index in [0.29, 0.717) is 16.3 Å². The van der Waals surface area contributed by atoms with Crippen molar-refractivity contribution in [3.8, 4) is 0 Å². The summed E-state index contributed by atoms with van der Waals surface area (Å²) in [7, 11) is 0. The van der Waals surface area contributed by atoms with E-state index in [1.165, 1.54) is 4.90 Å². The number of carboxylic acid groups (broad SMARTS) is 1. The van der Waals surface area contributed by atoms with Gasteiger partial charge in [-0.05, 0) is 62.7 Å². The highest BCUT2D eigenvalue weighted by molar-refractivity contribution is 9.10. The van der Waals surface area contributed by atoms with E-state index in [1.54, 1.807) is 48.5 Å². The molecule has 0 aromatic heterocycles. The number of amides is 2. The predicted molar refractivity (Wildman–Crippen MR) is 121 cm³/mol.